The van der Waals surface area contributed by atoms with Crippen molar-refractivity contribution in [3.8, 4) is 27.9 Å². The van der Waals surface area contributed by atoms with Gasteiger partial charge in [-0.3, -0.25) is 0 Å². The van der Waals surface area contributed by atoms with Gasteiger partial charge >= 0.3 is 0 Å². The maximum absolute atomic E-state index is 2.55. The van der Waals surface area contributed by atoms with Gasteiger partial charge in [-0.05, 0) is 79.5 Å². The average Bonchev–Trinajstić information content (AvgIpc) is 3.53. The number of nitrogens with zero attached hydrogens (tertiary/aromatic N) is 1. The number of benzene rings is 6. The SMILES string of the molecule is CC1(C)c2cc3c4ccccc4n(-c4cccc5c4C(C)(C)c4ccccc4-5)c3cc2-c2c1ccc1ccccc21. The summed E-state index contributed by atoms with van der Waals surface area (Å²) in [6.07, 6.45) is 0. The zero-order valence-electron chi connectivity index (χ0n) is 23.9. The van der Waals surface area contributed by atoms with Crippen molar-refractivity contribution in [2.45, 2.75) is 38.5 Å². The molecular weight excluding hydrogens is 494 g/mol. The van der Waals surface area contributed by atoms with Crippen molar-refractivity contribution < 1.29 is 0 Å². The smallest absolute Gasteiger partial charge is 0.0547 e. The molecular formula is C40H31N. The summed E-state index contributed by atoms with van der Waals surface area (Å²) in [5.41, 5.74) is 14.8. The van der Waals surface area contributed by atoms with E-state index < -0.39 is 0 Å². The topological polar surface area (TPSA) is 4.93 Å². The molecule has 1 nitrogen and oxygen atoms in total. The highest BCUT2D eigenvalue weighted by Crippen LogP contribution is 2.55. The van der Waals surface area contributed by atoms with Crippen LogP contribution < -0.4 is 0 Å². The second kappa shape index (κ2) is 7.56. The average molecular weight is 526 g/mol. The molecule has 196 valence electrons. The molecule has 2 aliphatic carbocycles. The van der Waals surface area contributed by atoms with Gasteiger partial charge in [-0.1, -0.05) is 119 Å². The predicted molar refractivity (Wildman–Crippen MR) is 173 cm³/mol. The number of para-hydroxylation sites is 1. The van der Waals surface area contributed by atoms with E-state index in [4.69, 9.17) is 0 Å². The summed E-state index contributed by atoms with van der Waals surface area (Å²) in [7, 11) is 0. The van der Waals surface area contributed by atoms with Crippen LogP contribution in [-0.4, -0.2) is 4.57 Å². The molecule has 1 heterocycles. The molecule has 7 aromatic rings. The van der Waals surface area contributed by atoms with Crippen LogP contribution in [0.1, 0.15) is 49.9 Å². The Morgan fingerprint density at radius 1 is 0.463 bits per heavy atom. The van der Waals surface area contributed by atoms with Gasteiger partial charge in [0, 0.05) is 21.6 Å². The van der Waals surface area contributed by atoms with Crippen LogP contribution in [0.2, 0.25) is 0 Å². The largest absolute Gasteiger partial charge is 0.309 e. The molecule has 0 N–H and O–H groups in total. The molecule has 2 aliphatic rings. The van der Waals surface area contributed by atoms with Gasteiger partial charge in [0.2, 0.25) is 0 Å². The van der Waals surface area contributed by atoms with E-state index in [1.165, 1.54) is 82.8 Å². The van der Waals surface area contributed by atoms with E-state index in [0.717, 1.165) is 0 Å². The van der Waals surface area contributed by atoms with Gasteiger partial charge in [-0.25, -0.2) is 0 Å². The first kappa shape index (κ1) is 23.1. The highest BCUT2D eigenvalue weighted by atomic mass is 15.0. The lowest BCUT2D eigenvalue weighted by Crippen LogP contribution is -2.18. The Balaban J connectivity index is 1.43. The molecule has 0 radical (unpaired) electrons. The fourth-order valence-corrected chi connectivity index (χ4v) is 8.23. The first-order valence-electron chi connectivity index (χ1n) is 14.7. The van der Waals surface area contributed by atoms with E-state index in [1.807, 2.05) is 0 Å². The monoisotopic (exact) mass is 525 g/mol. The number of rotatable bonds is 1. The van der Waals surface area contributed by atoms with Crippen LogP contribution in [0.5, 0.6) is 0 Å². The lowest BCUT2D eigenvalue weighted by atomic mass is 9.81. The van der Waals surface area contributed by atoms with Crippen LogP contribution >= 0.6 is 0 Å². The molecule has 0 saturated carbocycles. The Morgan fingerprint density at radius 2 is 1.20 bits per heavy atom. The van der Waals surface area contributed by atoms with Gasteiger partial charge in [0.1, 0.15) is 0 Å². The molecule has 0 saturated heterocycles. The molecule has 0 fully saturated rings. The maximum atomic E-state index is 2.55. The summed E-state index contributed by atoms with van der Waals surface area (Å²) >= 11 is 0. The van der Waals surface area contributed by atoms with Gasteiger partial charge in [-0.15, -0.1) is 0 Å². The molecule has 41 heavy (non-hydrogen) atoms. The van der Waals surface area contributed by atoms with Gasteiger partial charge in [0.05, 0.1) is 16.7 Å². The molecule has 0 bridgehead atoms. The van der Waals surface area contributed by atoms with E-state index in [2.05, 4.69) is 148 Å². The van der Waals surface area contributed by atoms with Crippen molar-refractivity contribution in [1.29, 1.82) is 0 Å². The molecule has 0 atom stereocenters. The number of hydrogen-bond donors (Lipinski definition) is 0. The van der Waals surface area contributed by atoms with E-state index in [1.54, 1.807) is 0 Å². The maximum Gasteiger partial charge on any atom is 0.0547 e. The van der Waals surface area contributed by atoms with Crippen molar-refractivity contribution in [2.75, 3.05) is 0 Å². The van der Waals surface area contributed by atoms with E-state index in [-0.39, 0.29) is 10.8 Å². The van der Waals surface area contributed by atoms with Crippen molar-refractivity contribution in [3.05, 3.63) is 138 Å². The molecule has 9 rings (SSSR count). The fourth-order valence-electron chi connectivity index (χ4n) is 8.23. The van der Waals surface area contributed by atoms with Crippen LogP contribution in [0.25, 0.3) is 60.5 Å². The Labute approximate surface area is 240 Å². The number of fused-ring (bicyclic) bond motifs is 11. The normalized spacial score (nSPS) is 15.7. The molecule has 0 unspecified atom stereocenters. The summed E-state index contributed by atoms with van der Waals surface area (Å²) in [6, 6.07) is 43.3. The first-order valence-corrected chi connectivity index (χ1v) is 14.7. The number of hydrogen-bond acceptors (Lipinski definition) is 0. The molecule has 1 heteroatoms. The Hall–Kier alpha value is -4.62. The van der Waals surface area contributed by atoms with Crippen molar-refractivity contribution in [2.24, 2.45) is 0 Å². The summed E-state index contributed by atoms with van der Waals surface area (Å²) < 4.78 is 2.55. The summed E-state index contributed by atoms with van der Waals surface area (Å²) in [4.78, 5) is 0. The first-order chi connectivity index (χ1) is 19.9. The Kier molecular flexibility index (Phi) is 4.26. The quantitative estimate of drug-likeness (QED) is 0.201. The second-order valence-electron chi connectivity index (χ2n) is 13.0. The molecule has 6 aromatic carbocycles. The van der Waals surface area contributed by atoms with Crippen LogP contribution in [0.15, 0.2) is 115 Å². The highest BCUT2D eigenvalue weighted by Gasteiger charge is 2.39. The Morgan fingerprint density at radius 3 is 2.07 bits per heavy atom. The summed E-state index contributed by atoms with van der Waals surface area (Å²) in [6.45, 7) is 9.55. The molecule has 0 spiro atoms. The lowest BCUT2D eigenvalue weighted by Gasteiger charge is -2.25. The van der Waals surface area contributed by atoms with Crippen LogP contribution in [0, 0.1) is 0 Å². The fraction of sp³-hybridized carbons (Fsp3) is 0.150. The van der Waals surface area contributed by atoms with Crippen LogP contribution in [0.4, 0.5) is 0 Å². The highest BCUT2D eigenvalue weighted by molar-refractivity contribution is 6.13. The Bertz CT molecular complexity index is 2260. The van der Waals surface area contributed by atoms with Gasteiger partial charge in [0.25, 0.3) is 0 Å². The third-order valence-corrected chi connectivity index (χ3v) is 10.2. The van der Waals surface area contributed by atoms with E-state index in [9.17, 15) is 0 Å². The predicted octanol–water partition coefficient (Wildman–Crippen LogP) is 10.5. The van der Waals surface area contributed by atoms with Crippen molar-refractivity contribution >= 4 is 32.6 Å². The lowest BCUT2D eigenvalue weighted by molar-refractivity contribution is 0.656. The van der Waals surface area contributed by atoms with E-state index in [0.29, 0.717) is 0 Å². The molecule has 0 aliphatic heterocycles. The van der Waals surface area contributed by atoms with Crippen LogP contribution in [0.3, 0.4) is 0 Å². The van der Waals surface area contributed by atoms with Crippen molar-refractivity contribution in [3.63, 3.8) is 0 Å². The minimum atomic E-state index is -0.0955. The standard InChI is InChI=1S/C40H31N/c1-39(2)32-21-20-24-12-5-6-13-25(24)37(32)30-23-36-29(22-33(30)39)27-15-8-10-18-34(27)41(36)35-19-11-16-28-26-14-7-9-17-31(26)40(3,4)38(28)35/h5-23H,1-4H3. The summed E-state index contributed by atoms with van der Waals surface area (Å²) in [5.74, 6) is 0. The second-order valence-corrected chi connectivity index (χ2v) is 13.0. The number of aromatic nitrogens is 1. The zero-order chi connectivity index (χ0) is 27.7. The molecule has 1 aromatic heterocycles. The van der Waals surface area contributed by atoms with Crippen LogP contribution in [-0.2, 0) is 10.8 Å². The zero-order valence-corrected chi connectivity index (χ0v) is 23.9. The molecule has 0 amide bonds. The van der Waals surface area contributed by atoms with Crippen molar-refractivity contribution in [1.82, 2.24) is 4.57 Å². The van der Waals surface area contributed by atoms with Gasteiger partial charge in [0.15, 0.2) is 0 Å². The van der Waals surface area contributed by atoms with Gasteiger partial charge in [-0.2, -0.15) is 0 Å². The minimum Gasteiger partial charge on any atom is -0.309 e. The van der Waals surface area contributed by atoms with E-state index >= 15 is 0 Å². The minimum absolute atomic E-state index is 0.0658. The third kappa shape index (κ3) is 2.77. The summed E-state index contributed by atoms with van der Waals surface area (Å²) in [5, 5.41) is 5.29. The third-order valence-electron chi connectivity index (χ3n) is 10.2. The van der Waals surface area contributed by atoms with Gasteiger partial charge < -0.3 is 4.57 Å².